The topological polar surface area (TPSA) is 67.4 Å². The van der Waals surface area contributed by atoms with Crippen LogP contribution in [0.3, 0.4) is 0 Å². The number of halogens is 4. The maximum absolute atomic E-state index is 11.8. The Kier molecular flexibility index (Phi) is 6.82. The van der Waals surface area contributed by atoms with E-state index in [1.807, 2.05) is 0 Å². The minimum absolute atomic E-state index is 0.357. The van der Waals surface area contributed by atoms with Gasteiger partial charge in [0.1, 0.15) is 13.2 Å². The second-order valence-corrected chi connectivity index (χ2v) is 5.31. The van der Waals surface area contributed by atoms with Crippen LogP contribution in [-0.4, -0.2) is 37.7 Å². The second kappa shape index (κ2) is 8.14. The zero-order chi connectivity index (χ0) is 16.8. The van der Waals surface area contributed by atoms with E-state index >= 15 is 0 Å². The Bertz CT molecular complexity index is 550. The van der Waals surface area contributed by atoms with E-state index in [4.69, 9.17) is 0 Å². The summed E-state index contributed by atoms with van der Waals surface area (Å²) in [6.45, 7) is -0.831. The lowest BCUT2D eigenvalue weighted by molar-refractivity contribution is -0.175. The predicted molar refractivity (Wildman–Crippen MR) is 77.4 cm³/mol. The maximum atomic E-state index is 11.8. The molecule has 0 aliphatic carbocycles. The van der Waals surface area contributed by atoms with E-state index in [9.17, 15) is 22.8 Å². The van der Waals surface area contributed by atoms with Gasteiger partial charge in [0.2, 0.25) is 11.8 Å². The standard InChI is InChI=1S/C13H14BrF3N2O3/c1-8-4-9(14)2-3-10(8)19-11(20)5-18-12(21)6-22-7-13(15,16)17/h2-4H,5-7H2,1H3,(H,18,21)(H,19,20). The Labute approximate surface area is 133 Å². The number of carbonyl (C=O) groups excluding carboxylic acids is 2. The molecule has 2 amide bonds. The van der Waals surface area contributed by atoms with Crippen molar-refractivity contribution in [2.75, 3.05) is 25.1 Å². The van der Waals surface area contributed by atoms with Crippen molar-refractivity contribution >= 4 is 33.4 Å². The molecule has 1 aromatic rings. The predicted octanol–water partition coefficient (Wildman–Crippen LogP) is 2.39. The highest BCUT2D eigenvalue weighted by molar-refractivity contribution is 9.10. The molecule has 0 saturated heterocycles. The molecule has 0 atom stereocenters. The fourth-order valence-corrected chi connectivity index (χ4v) is 1.93. The Balaban J connectivity index is 2.32. The number of hydrogen-bond donors (Lipinski definition) is 2. The quantitative estimate of drug-likeness (QED) is 0.793. The molecule has 0 unspecified atom stereocenters. The Hall–Kier alpha value is -1.61. The van der Waals surface area contributed by atoms with Crippen molar-refractivity contribution < 1.29 is 27.5 Å². The minimum Gasteiger partial charge on any atom is -0.362 e. The fourth-order valence-electron chi connectivity index (χ4n) is 1.45. The summed E-state index contributed by atoms with van der Waals surface area (Å²) in [4.78, 5) is 22.8. The number of ether oxygens (including phenoxy) is 1. The number of carbonyl (C=O) groups is 2. The Morgan fingerprint density at radius 2 is 1.95 bits per heavy atom. The second-order valence-electron chi connectivity index (χ2n) is 4.39. The van der Waals surface area contributed by atoms with Gasteiger partial charge in [0, 0.05) is 10.2 Å². The molecule has 0 bridgehead atoms. The van der Waals surface area contributed by atoms with Gasteiger partial charge in [0.25, 0.3) is 0 Å². The van der Waals surface area contributed by atoms with Gasteiger partial charge in [-0.3, -0.25) is 9.59 Å². The molecule has 0 radical (unpaired) electrons. The minimum atomic E-state index is -4.49. The van der Waals surface area contributed by atoms with Gasteiger partial charge in [-0.05, 0) is 30.7 Å². The lowest BCUT2D eigenvalue weighted by Gasteiger charge is -2.10. The van der Waals surface area contributed by atoms with E-state index in [-0.39, 0.29) is 6.54 Å². The van der Waals surface area contributed by atoms with Crippen LogP contribution in [0.5, 0.6) is 0 Å². The lowest BCUT2D eigenvalue weighted by Crippen LogP contribution is -2.36. The van der Waals surface area contributed by atoms with Crippen LogP contribution in [-0.2, 0) is 14.3 Å². The van der Waals surface area contributed by atoms with E-state index < -0.39 is 31.2 Å². The van der Waals surface area contributed by atoms with Gasteiger partial charge >= 0.3 is 6.18 Å². The van der Waals surface area contributed by atoms with Crippen LogP contribution in [0.1, 0.15) is 5.56 Å². The summed E-state index contributed by atoms with van der Waals surface area (Å²) in [5.74, 6) is -1.29. The van der Waals surface area contributed by atoms with Crippen molar-refractivity contribution in [1.82, 2.24) is 5.32 Å². The first-order chi connectivity index (χ1) is 10.2. The smallest absolute Gasteiger partial charge is 0.362 e. The van der Waals surface area contributed by atoms with Crippen molar-refractivity contribution in [3.8, 4) is 0 Å². The summed E-state index contributed by atoms with van der Waals surface area (Å²) < 4.78 is 40.4. The number of amides is 2. The fraction of sp³-hybridized carbons (Fsp3) is 0.385. The van der Waals surface area contributed by atoms with Gasteiger partial charge in [0.05, 0.1) is 6.54 Å². The molecule has 0 spiro atoms. The van der Waals surface area contributed by atoms with E-state index in [1.54, 1.807) is 25.1 Å². The van der Waals surface area contributed by atoms with Gasteiger partial charge in [0.15, 0.2) is 0 Å². The largest absolute Gasteiger partial charge is 0.411 e. The Morgan fingerprint density at radius 3 is 2.55 bits per heavy atom. The van der Waals surface area contributed by atoms with Crippen molar-refractivity contribution in [1.29, 1.82) is 0 Å². The third kappa shape index (κ3) is 7.41. The molecule has 22 heavy (non-hydrogen) atoms. The normalized spacial score (nSPS) is 11.1. The first-order valence-corrected chi connectivity index (χ1v) is 6.94. The SMILES string of the molecule is Cc1cc(Br)ccc1NC(=O)CNC(=O)COCC(F)(F)F. The molecular formula is C13H14BrF3N2O3. The van der Waals surface area contributed by atoms with Gasteiger partial charge in [-0.15, -0.1) is 0 Å². The summed E-state index contributed by atoms with van der Waals surface area (Å²) in [5, 5.41) is 4.75. The first kappa shape index (κ1) is 18.4. The molecule has 122 valence electrons. The average Bonchev–Trinajstić information content (AvgIpc) is 2.38. The number of benzene rings is 1. The summed E-state index contributed by atoms with van der Waals surface area (Å²) >= 11 is 3.29. The molecule has 0 aliphatic rings. The summed E-state index contributed by atoms with van der Waals surface area (Å²) in [7, 11) is 0. The highest BCUT2D eigenvalue weighted by atomic mass is 79.9. The van der Waals surface area contributed by atoms with Crippen LogP contribution in [0.2, 0.25) is 0 Å². The molecule has 0 aliphatic heterocycles. The van der Waals surface area contributed by atoms with Crippen LogP contribution in [0.25, 0.3) is 0 Å². The molecule has 0 saturated carbocycles. The molecule has 0 aromatic heterocycles. The summed E-state index contributed by atoms with van der Waals surface area (Å²) in [5.41, 5.74) is 1.40. The van der Waals surface area contributed by atoms with E-state index in [0.717, 1.165) is 10.0 Å². The summed E-state index contributed by atoms with van der Waals surface area (Å²) in [6.07, 6.45) is -4.49. The molecule has 0 heterocycles. The van der Waals surface area contributed by atoms with Gasteiger partial charge in [-0.25, -0.2) is 0 Å². The monoisotopic (exact) mass is 382 g/mol. The third-order valence-electron chi connectivity index (χ3n) is 2.41. The molecule has 9 heteroatoms. The molecular weight excluding hydrogens is 369 g/mol. The number of alkyl halides is 3. The number of hydrogen-bond acceptors (Lipinski definition) is 3. The average molecular weight is 383 g/mol. The van der Waals surface area contributed by atoms with Crippen molar-refractivity contribution in [2.24, 2.45) is 0 Å². The number of rotatable bonds is 6. The zero-order valence-corrected chi connectivity index (χ0v) is 13.2. The van der Waals surface area contributed by atoms with Crippen LogP contribution in [0.4, 0.5) is 18.9 Å². The molecule has 5 nitrogen and oxygen atoms in total. The summed E-state index contributed by atoms with van der Waals surface area (Å²) in [6, 6.07) is 5.23. The molecule has 1 aromatic carbocycles. The zero-order valence-electron chi connectivity index (χ0n) is 11.6. The number of anilines is 1. The molecule has 2 N–H and O–H groups in total. The van der Waals surface area contributed by atoms with E-state index in [1.165, 1.54) is 0 Å². The van der Waals surface area contributed by atoms with Gasteiger partial charge < -0.3 is 15.4 Å². The van der Waals surface area contributed by atoms with E-state index in [2.05, 4.69) is 31.3 Å². The third-order valence-corrected chi connectivity index (χ3v) is 2.90. The van der Waals surface area contributed by atoms with Crippen LogP contribution >= 0.6 is 15.9 Å². The van der Waals surface area contributed by atoms with Crippen LogP contribution in [0.15, 0.2) is 22.7 Å². The molecule has 0 fully saturated rings. The maximum Gasteiger partial charge on any atom is 0.411 e. The lowest BCUT2D eigenvalue weighted by atomic mass is 10.2. The highest BCUT2D eigenvalue weighted by Crippen LogP contribution is 2.19. The van der Waals surface area contributed by atoms with Crippen LogP contribution < -0.4 is 10.6 Å². The number of nitrogens with one attached hydrogen (secondary N) is 2. The molecule has 1 rings (SSSR count). The van der Waals surface area contributed by atoms with E-state index in [0.29, 0.717) is 5.69 Å². The van der Waals surface area contributed by atoms with Gasteiger partial charge in [-0.2, -0.15) is 13.2 Å². The number of aryl methyl sites for hydroxylation is 1. The Morgan fingerprint density at radius 1 is 1.27 bits per heavy atom. The van der Waals surface area contributed by atoms with Crippen LogP contribution in [0, 0.1) is 6.92 Å². The van der Waals surface area contributed by atoms with Gasteiger partial charge in [-0.1, -0.05) is 15.9 Å². The van der Waals surface area contributed by atoms with Crippen molar-refractivity contribution in [3.05, 3.63) is 28.2 Å². The first-order valence-electron chi connectivity index (χ1n) is 6.14. The van der Waals surface area contributed by atoms with Crippen molar-refractivity contribution in [3.63, 3.8) is 0 Å². The van der Waals surface area contributed by atoms with Crippen molar-refractivity contribution in [2.45, 2.75) is 13.1 Å². The highest BCUT2D eigenvalue weighted by Gasteiger charge is 2.27.